The van der Waals surface area contributed by atoms with Crippen LogP contribution in [-0.4, -0.2) is 17.7 Å². The van der Waals surface area contributed by atoms with E-state index in [1.165, 1.54) is 43.4 Å². The summed E-state index contributed by atoms with van der Waals surface area (Å²) in [5.41, 5.74) is 5.76. The number of benzene rings is 1. The fourth-order valence-corrected chi connectivity index (χ4v) is 4.10. The number of aromatic hydroxyl groups is 1. The maximum absolute atomic E-state index is 10.9. The molecule has 2 atom stereocenters. The first-order chi connectivity index (χ1) is 11.0. The Labute approximate surface area is 139 Å². The molecule has 1 aromatic carbocycles. The molecule has 3 N–H and O–H groups in total. The first kappa shape index (κ1) is 16.3. The lowest BCUT2D eigenvalue weighted by molar-refractivity contribution is -0.944. The van der Waals surface area contributed by atoms with Crippen LogP contribution >= 0.6 is 0 Å². The van der Waals surface area contributed by atoms with Crippen molar-refractivity contribution in [2.75, 3.05) is 6.54 Å². The zero-order chi connectivity index (χ0) is 16.6. The lowest BCUT2D eigenvalue weighted by Gasteiger charge is -2.32. The Kier molecular flexibility index (Phi) is 4.58. The Balaban J connectivity index is 2.02. The van der Waals surface area contributed by atoms with Crippen molar-refractivity contribution in [1.29, 1.82) is 0 Å². The van der Waals surface area contributed by atoms with Crippen LogP contribution in [0.1, 0.15) is 55.0 Å². The number of aromatic nitrogens is 1. The van der Waals surface area contributed by atoms with Crippen molar-refractivity contribution in [3.05, 3.63) is 34.5 Å². The molecule has 1 aromatic heterocycles. The van der Waals surface area contributed by atoms with Crippen LogP contribution in [-0.2, 0) is 6.54 Å². The molecule has 1 aliphatic rings. The lowest BCUT2D eigenvalue weighted by Crippen LogP contribution is -3.15. The molecule has 2 unspecified atom stereocenters. The van der Waals surface area contributed by atoms with Gasteiger partial charge >= 0.3 is 0 Å². The summed E-state index contributed by atoms with van der Waals surface area (Å²) in [4.78, 5) is 5.19. The average molecular weight is 314 g/mol. The molecule has 0 radical (unpaired) electrons. The van der Waals surface area contributed by atoms with E-state index < -0.39 is 0 Å². The van der Waals surface area contributed by atoms with E-state index in [4.69, 9.17) is 0 Å². The molecule has 3 nitrogen and oxygen atoms in total. The summed E-state index contributed by atoms with van der Waals surface area (Å²) in [7, 11) is 0. The van der Waals surface area contributed by atoms with Crippen molar-refractivity contribution in [2.24, 2.45) is 0 Å². The number of likely N-dealkylation sites (tertiary alicyclic amines) is 1. The fourth-order valence-electron chi connectivity index (χ4n) is 4.10. The molecule has 0 saturated carbocycles. The van der Waals surface area contributed by atoms with E-state index in [1.54, 1.807) is 4.90 Å². The monoisotopic (exact) mass is 314 g/mol. The Hall–Kier alpha value is -1.61. The topological polar surface area (TPSA) is 38.8 Å². The number of H-pyrrole nitrogens is 1. The molecule has 3 heteroatoms. The normalized spacial score (nSPS) is 21.7. The molecule has 0 amide bonds. The third-order valence-corrected chi connectivity index (χ3v) is 5.82. The van der Waals surface area contributed by atoms with E-state index in [1.807, 2.05) is 0 Å². The largest absolute Gasteiger partial charge is 0.506 e. The number of aryl methyl sites for hydroxylation is 3. The van der Waals surface area contributed by atoms with Gasteiger partial charge in [0.2, 0.25) is 5.52 Å². The first-order valence-electron chi connectivity index (χ1n) is 9.01. The summed E-state index contributed by atoms with van der Waals surface area (Å²) in [5.74, 6) is 0.479. The number of hydrogen-bond acceptors (Lipinski definition) is 1. The predicted molar refractivity (Wildman–Crippen MR) is 93.8 cm³/mol. The van der Waals surface area contributed by atoms with Gasteiger partial charge in [-0.25, -0.2) is 4.98 Å². The number of pyridine rings is 1. The Morgan fingerprint density at radius 1 is 1.22 bits per heavy atom. The summed E-state index contributed by atoms with van der Waals surface area (Å²) >= 11 is 0. The molecule has 1 aliphatic heterocycles. The van der Waals surface area contributed by atoms with Gasteiger partial charge in [-0.15, -0.1) is 0 Å². The summed E-state index contributed by atoms with van der Waals surface area (Å²) in [6, 6.07) is 4.89. The number of nitrogens with one attached hydrogen (secondary N) is 2. The SMILES string of the molecule is CCC1CCCC[NH+]1Cc1c(C)[nH+]c2c(C)c(C)ccc2c1O. The maximum Gasteiger partial charge on any atom is 0.217 e. The maximum atomic E-state index is 10.9. The smallest absolute Gasteiger partial charge is 0.217 e. The zero-order valence-electron chi connectivity index (χ0n) is 14.9. The van der Waals surface area contributed by atoms with Crippen LogP contribution in [0.4, 0.5) is 0 Å². The second-order valence-electron chi connectivity index (χ2n) is 7.19. The summed E-state index contributed by atoms with van der Waals surface area (Å²) in [6.07, 6.45) is 5.21. The van der Waals surface area contributed by atoms with Crippen LogP contribution in [0.2, 0.25) is 0 Å². The lowest BCUT2D eigenvalue weighted by atomic mass is 9.97. The van der Waals surface area contributed by atoms with E-state index in [0.29, 0.717) is 5.75 Å². The van der Waals surface area contributed by atoms with Crippen molar-refractivity contribution in [1.82, 2.24) is 0 Å². The number of piperidine rings is 1. The van der Waals surface area contributed by atoms with Gasteiger partial charge in [0, 0.05) is 12.5 Å². The molecule has 2 heterocycles. The summed E-state index contributed by atoms with van der Waals surface area (Å²) in [5, 5.41) is 11.9. The van der Waals surface area contributed by atoms with Gasteiger partial charge in [0.1, 0.15) is 17.9 Å². The summed E-state index contributed by atoms with van der Waals surface area (Å²) in [6.45, 7) is 10.8. The molecule has 1 saturated heterocycles. The van der Waals surface area contributed by atoms with Gasteiger partial charge in [0.15, 0.2) is 5.69 Å². The van der Waals surface area contributed by atoms with Gasteiger partial charge in [-0.1, -0.05) is 13.0 Å². The number of fused-ring (bicyclic) bond motifs is 1. The molecule has 0 bridgehead atoms. The van der Waals surface area contributed by atoms with E-state index >= 15 is 0 Å². The van der Waals surface area contributed by atoms with Crippen molar-refractivity contribution >= 4 is 10.9 Å². The van der Waals surface area contributed by atoms with Crippen molar-refractivity contribution in [3.8, 4) is 5.75 Å². The Morgan fingerprint density at radius 3 is 2.74 bits per heavy atom. The number of rotatable bonds is 3. The molecule has 124 valence electrons. The minimum absolute atomic E-state index is 0.479. The average Bonchev–Trinajstić information content (AvgIpc) is 2.55. The molecule has 0 spiro atoms. The third kappa shape index (κ3) is 2.94. The van der Waals surface area contributed by atoms with Crippen molar-refractivity contribution in [2.45, 2.75) is 66.0 Å². The highest BCUT2D eigenvalue weighted by atomic mass is 16.3. The Morgan fingerprint density at radius 2 is 2.00 bits per heavy atom. The van der Waals surface area contributed by atoms with Gasteiger partial charge in [0.05, 0.1) is 18.0 Å². The molecule has 2 aromatic rings. The highest BCUT2D eigenvalue weighted by Crippen LogP contribution is 2.30. The van der Waals surface area contributed by atoms with E-state index in [2.05, 4.69) is 44.8 Å². The minimum Gasteiger partial charge on any atom is -0.506 e. The molecule has 3 rings (SSSR count). The molecular formula is C20H30N2O+2. The van der Waals surface area contributed by atoms with Crippen LogP contribution in [0.15, 0.2) is 12.1 Å². The van der Waals surface area contributed by atoms with Crippen LogP contribution in [0.3, 0.4) is 0 Å². The van der Waals surface area contributed by atoms with Crippen LogP contribution < -0.4 is 9.88 Å². The van der Waals surface area contributed by atoms with Crippen molar-refractivity contribution < 1.29 is 15.0 Å². The first-order valence-corrected chi connectivity index (χ1v) is 9.01. The highest BCUT2D eigenvalue weighted by Gasteiger charge is 2.28. The van der Waals surface area contributed by atoms with E-state index in [-0.39, 0.29) is 0 Å². The molecule has 0 aliphatic carbocycles. The van der Waals surface area contributed by atoms with E-state index in [0.717, 1.165) is 34.7 Å². The second kappa shape index (κ2) is 6.48. The quantitative estimate of drug-likeness (QED) is 0.898. The van der Waals surface area contributed by atoms with E-state index in [9.17, 15) is 5.11 Å². The second-order valence-corrected chi connectivity index (χ2v) is 7.19. The van der Waals surface area contributed by atoms with Gasteiger partial charge in [-0.2, -0.15) is 0 Å². The molecule has 23 heavy (non-hydrogen) atoms. The Bertz CT molecular complexity index is 723. The van der Waals surface area contributed by atoms with Gasteiger partial charge in [0.25, 0.3) is 0 Å². The number of aromatic amines is 1. The minimum atomic E-state index is 0.479. The molecular weight excluding hydrogens is 284 g/mol. The summed E-state index contributed by atoms with van der Waals surface area (Å²) < 4.78 is 0. The predicted octanol–water partition coefficient (Wildman–Crippen LogP) is 2.63. The van der Waals surface area contributed by atoms with Gasteiger partial charge < -0.3 is 10.0 Å². The van der Waals surface area contributed by atoms with Gasteiger partial charge in [-0.3, -0.25) is 0 Å². The highest BCUT2D eigenvalue weighted by molar-refractivity contribution is 5.86. The number of hydrogen-bond donors (Lipinski definition) is 2. The van der Waals surface area contributed by atoms with Crippen LogP contribution in [0, 0.1) is 20.8 Å². The van der Waals surface area contributed by atoms with Crippen LogP contribution in [0.5, 0.6) is 5.75 Å². The third-order valence-electron chi connectivity index (χ3n) is 5.82. The van der Waals surface area contributed by atoms with Crippen molar-refractivity contribution in [3.63, 3.8) is 0 Å². The van der Waals surface area contributed by atoms with Gasteiger partial charge in [-0.05, 0) is 51.2 Å². The fraction of sp³-hybridized carbons (Fsp3) is 0.550. The standard InChI is InChI=1S/C20H28N2O/c1-5-16-8-6-7-11-22(16)12-18-15(4)21-19-14(3)13(2)9-10-17(19)20(18)23/h9-10,16H,5-8,11-12H2,1-4H3,(H,21,23)/p+2. The van der Waals surface area contributed by atoms with Crippen LogP contribution in [0.25, 0.3) is 10.9 Å². The zero-order valence-corrected chi connectivity index (χ0v) is 14.9. The number of quaternary nitrogens is 1. The molecule has 1 fully saturated rings.